The summed E-state index contributed by atoms with van der Waals surface area (Å²) in [6, 6.07) is 0. The zero-order valence-corrected chi connectivity index (χ0v) is 33.4. The number of fused-ring (bicyclic) bond motifs is 5. The van der Waals surface area contributed by atoms with E-state index >= 15 is 0 Å². The van der Waals surface area contributed by atoms with Gasteiger partial charge in [0.2, 0.25) is 0 Å². The predicted molar refractivity (Wildman–Crippen MR) is 120 cm³/mol. The summed E-state index contributed by atoms with van der Waals surface area (Å²) in [5, 5.41) is 0. The van der Waals surface area contributed by atoms with Crippen molar-refractivity contribution in [3.05, 3.63) is 0 Å². The third-order valence-electron chi connectivity index (χ3n) is 4.78. The Balaban J connectivity index is 1.88. The third-order valence-corrected chi connectivity index (χ3v) is 129. The van der Waals surface area contributed by atoms with E-state index in [0.29, 0.717) is 0 Å². The first-order chi connectivity index (χ1) is 9.83. The van der Waals surface area contributed by atoms with Crippen LogP contribution < -0.4 is 0 Å². The van der Waals surface area contributed by atoms with Crippen LogP contribution in [0.4, 0.5) is 0 Å². The van der Waals surface area contributed by atoms with Crippen LogP contribution in [0.3, 0.4) is 0 Å². The van der Waals surface area contributed by atoms with Crippen LogP contribution in [0.2, 0.25) is 0 Å². The Kier molecular flexibility index (Phi) is 4.42. The van der Waals surface area contributed by atoms with E-state index in [4.69, 9.17) is 0 Å². The van der Waals surface area contributed by atoms with Gasteiger partial charge in [0.05, 0.1) is 0 Å². The van der Waals surface area contributed by atoms with Crippen LogP contribution in [0.1, 0.15) is 0 Å². The van der Waals surface area contributed by atoms with E-state index in [9.17, 15) is 0 Å². The number of rotatable bonds is 0. The summed E-state index contributed by atoms with van der Waals surface area (Å²) in [7, 11) is 0. The molecule has 5 rings (SSSR count). The minimum atomic E-state index is -0.701. The van der Waals surface area contributed by atoms with Gasteiger partial charge in [-0.15, -0.1) is 0 Å². The monoisotopic (exact) mass is 869 g/mol. The molecule has 0 saturated heterocycles. The first-order valence-electron chi connectivity index (χ1n) is 7.02. The summed E-state index contributed by atoms with van der Waals surface area (Å²) in [5.74, 6) is 0. The minimum absolute atomic E-state index is 0.152. The Morgan fingerprint density at radius 3 is 0.800 bits per heavy atom. The van der Waals surface area contributed by atoms with Crippen LogP contribution >= 0.6 is 0 Å². The van der Waals surface area contributed by atoms with Gasteiger partial charge < -0.3 is 0 Å². The molecule has 5 aliphatic heterocycles. The molecule has 0 N–H and O–H groups in total. The fraction of sp³-hybridized carbons (Fsp3) is 0. The van der Waals surface area contributed by atoms with Crippen molar-refractivity contribution in [1.82, 2.24) is 0 Å². The van der Waals surface area contributed by atoms with Crippen molar-refractivity contribution >= 4 is 173 Å². The molecule has 0 unspecified atom stereocenters. The standard InChI is InChI=1S/C10H10Ge10/c1-16-2-18-4-20-5-19-3-17(1)7-11-6(16)12-8(18)14-10(20)15-9(19)13-7/h1-5,11-15H. The van der Waals surface area contributed by atoms with Gasteiger partial charge in [0.15, 0.2) is 0 Å². The van der Waals surface area contributed by atoms with Crippen molar-refractivity contribution in [3.8, 4) is 0 Å². The van der Waals surface area contributed by atoms with E-state index < -0.39 is 69.5 Å². The molecular formula is C10H10Ge10. The van der Waals surface area contributed by atoms with Crippen LogP contribution in [-0.4, -0.2) is 173 Å². The summed E-state index contributed by atoms with van der Waals surface area (Å²) in [5.41, 5.74) is 0. The summed E-state index contributed by atoms with van der Waals surface area (Å²) >= 11 is -2.75. The average Bonchev–Trinajstić information content (AvgIpc) is 2.43. The van der Waals surface area contributed by atoms with E-state index in [1.807, 2.05) is 0 Å². The average molecular weight is 856 g/mol. The van der Waals surface area contributed by atoms with Gasteiger partial charge in [-0.2, -0.15) is 0 Å². The van der Waals surface area contributed by atoms with Gasteiger partial charge in [0, 0.05) is 0 Å². The van der Waals surface area contributed by atoms with E-state index in [0.717, 1.165) is 0 Å². The van der Waals surface area contributed by atoms with Crippen molar-refractivity contribution in [1.29, 1.82) is 0 Å². The summed E-state index contributed by atoms with van der Waals surface area (Å²) in [6.45, 7) is 0. The van der Waals surface area contributed by atoms with Gasteiger partial charge >= 0.3 is 173 Å². The van der Waals surface area contributed by atoms with Gasteiger partial charge in [0.25, 0.3) is 0 Å². The van der Waals surface area contributed by atoms with Crippen molar-refractivity contribution in [2.45, 2.75) is 0 Å². The summed E-state index contributed by atoms with van der Waals surface area (Å²) in [4.78, 5) is 0. The molecule has 0 aromatic rings. The Hall–Kier alpha value is 4.13. The molecule has 0 radical (unpaired) electrons. The Labute approximate surface area is 169 Å². The predicted octanol–water partition coefficient (Wildman–Crippen LogP) is -7.31. The quantitative estimate of drug-likeness (QED) is 0.213. The van der Waals surface area contributed by atoms with Gasteiger partial charge in [-0.05, 0) is 0 Å². The molecule has 0 nitrogen and oxygen atoms in total. The summed E-state index contributed by atoms with van der Waals surface area (Å²) < 4.78 is 28.8. The van der Waals surface area contributed by atoms with Gasteiger partial charge in [-0.25, -0.2) is 0 Å². The van der Waals surface area contributed by atoms with Crippen LogP contribution in [0.25, 0.3) is 0 Å². The zero-order chi connectivity index (χ0) is 12.8. The van der Waals surface area contributed by atoms with Crippen molar-refractivity contribution in [2.24, 2.45) is 0 Å². The maximum atomic E-state index is 3.25. The molecular weight excluding hydrogens is 846 g/mol. The second kappa shape index (κ2) is 5.82. The summed E-state index contributed by atoms with van der Waals surface area (Å²) in [6.07, 6.45) is 0. The molecule has 0 atom stereocenters. The molecule has 5 heterocycles. The van der Waals surface area contributed by atoms with E-state index in [-0.39, 0.29) is 75.0 Å². The zero-order valence-electron chi connectivity index (χ0n) is 10.8. The van der Waals surface area contributed by atoms with Gasteiger partial charge in [-0.3, -0.25) is 0 Å². The molecule has 0 bridgehead atoms. The van der Waals surface area contributed by atoms with Gasteiger partial charge in [-0.1, -0.05) is 0 Å². The molecule has 10 heteroatoms. The molecule has 0 spiro atoms. The molecule has 90 valence electrons. The molecule has 0 aliphatic carbocycles. The normalized spacial score (nSPS) is 26.0. The number of hydrogen-bond donors (Lipinski definition) is 0. The fourth-order valence-electron chi connectivity index (χ4n) is 3.76. The maximum absolute atomic E-state index is 3.25. The van der Waals surface area contributed by atoms with Crippen molar-refractivity contribution < 1.29 is 0 Å². The number of hydrogen-bond acceptors (Lipinski definition) is 0. The van der Waals surface area contributed by atoms with Gasteiger partial charge in [0.1, 0.15) is 0 Å². The van der Waals surface area contributed by atoms with Crippen molar-refractivity contribution in [2.75, 3.05) is 0 Å². The second-order valence-electron chi connectivity index (χ2n) is 6.00. The third kappa shape index (κ3) is 2.40. The molecule has 20 heavy (non-hydrogen) atoms. The Morgan fingerprint density at radius 1 is 0.400 bits per heavy atom. The van der Waals surface area contributed by atoms with E-state index in [1.165, 1.54) is 0 Å². The molecule has 0 aromatic heterocycles. The van der Waals surface area contributed by atoms with Crippen LogP contribution in [0, 0.1) is 0 Å². The second-order valence-corrected chi connectivity index (χ2v) is 96.5. The Bertz CT molecular complexity index is 678. The molecule has 0 aromatic carbocycles. The fourth-order valence-corrected chi connectivity index (χ4v) is 314. The molecule has 0 amide bonds. The molecule has 0 fully saturated rings. The van der Waals surface area contributed by atoms with Crippen LogP contribution in [0.15, 0.2) is 0 Å². The van der Waals surface area contributed by atoms with E-state index in [2.05, 4.69) is 28.5 Å². The molecule has 0 saturated carbocycles. The topological polar surface area (TPSA) is 0 Å². The molecule has 5 aliphatic rings. The van der Waals surface area contributed by atoms with Crippen LogP contribution in [-0.2, 0) is 0 Å². The van der Waals surface area contributed by atoms with E-state index in [1.54, 1.807) is 0 Å². The first kappa shape index (κ1) is 15.2. The Morgan fingerprint density at radius 2 is 0.600 bits per heavy atom. The SMILES string of the molecule is [CH]1=[Ge]2[CH]=[Ge]3[CH]=[Ge]4[CH]=[Ge]5[CH]=[Ge]1[C]1=[GeH][C]5=[GeH][C]4=[GeH][C]3=[GeH][C]2=[GeH]1. The van der Waals surface area contributed by atoms with Crippen LogP contribution in [0.5, 0.6) is 0 Å². The first-order valence-corrected chi connectivity index (χ1v) is 36.5. The van der Waals surface area contributed by atoms with Crippen molar-refractivity contribution in [3.63, 3.8) is 0 Å².